The molecule has 0 spiro atoms. The number of carbonyl (C=O) groups excluding carboxylic acids is 1. The minimum atomic E-state index is 0.0509. The van der Waals surface area contributed by atoms with Gasteiger partial charge in [-0.15, -0.1) is 0 Å². The standard InChI is InChI=1S/C27H31NO3/c1-5-21(3)28(27(29)24-14-10-9-11-20(24)2)18-23-15-16-25(30-4)26(17-23)31-19-22-12-7-6-8-13-22/h6-17,21H,5,18-19H2,1-4H3. The minimum Gasteiger partial charge on any atom is -0.493 e. The van der Waals surface area contributed by atoms with Crippen LogP contribution in [0.25, 0.3) is 0 Å². The van der Waals surface area contributed by atoms with Crippen molar-refractivity contribution < 1.29 is 14.3 Å². The summed E-state index contributed by atoms with van der Waals surface area (Å²) in [6.07, 6.45) is 0.880. The van der Waals surface area contributed by atoms with Gasteiger partial charge in [0.2, 0.25) is 0 Å². The maximum Gasteiger partial charge on any atom is 0.254 e. The van der Waals surface area contributed by atoms with Crippen molar-refractivity contribution >= 4 is 5.91 Å². The molecule has 0 aromatic heterocycles. The molecular weight excluding hydrogens is 386 g/mol. The summed E-state index contributed by atoms with van der Waals surface area (Å²) in [6, 6.07) is 23.8. The van der Waals surface area contributed by atoms with Crippen LogP contribution in [0.1, 0.15) is 47.3 Å². The lowest BCUT2D eigenvalue weighted by Gasteiger charge is -2.29. The largest absolute Gasteiger partial charge is 0.493 e. The van der Waals surface area contributed by atoms with Gasteiger partial charge in [-0.2, -0.15) is 0 Å². The Morgan fingerprint density at radius 3 is 2.32 bits per heavy atom. The summed E-state index contributed by atoms with van der Waals surface area (Å²) < 4.78 is 11.5. The van der Waals surface area contributed by atoms with Crippen molar-refractivity contribution in [2.75, 3.05) is 7.11 Å². The van der Waals surface area contributed by atoms with E-state index >= 15 is 0 Å². The number of aryl methyl sites for hydroxylation is 1. The summed E-state index contributed by atoms with van der Waals surface area (Å²) >= 11 is 0. The van der Waals surface area contributed by atoms with Crippen molar-refractivity contribution in [3.05, 3.63) is 95.1 Å². The Morgan fingerprint density at radius 1 is 0.935 bits per heavy atom. The molecule has 3 aromatic rings. The molecule has 0 fully saturated rings. The van der Waals surface area contributed by atoms with Gasteiger partial charge in [0, 0.05) is 18.2 Å². The first-order valence-electron chi connectivity index (χ1n) is 10.7. The van der Waals surface area contributed by atoms with E-state index in [1.54, 1.807) is 7.11 Å². The predicted molar refractivity (Wildman–Crippen MR) is 125 cm³/mol. The molecule has 1 unspecified atom stereocenters. The third-order valence-corrected chi connectivity index (χ3v) is 5.58. The smallest absolute Gasteiger partial charge is 0.254 e. The van der Waals surface area contributed by atoms with Gasteiger partial charge in [0.05, 0.1) is 7.11 Å². The third-order valence-electron chi connectivity index (χ3n) is 5.58. The molecule has 0 radical (unpaired) electrons. The van der Waals surface area contributed by atoms with E-state index in [4.69, 9.17) is 9.47 Å². The van der Waals surface area contributed by atoms with Crippen LogP contribution in [0.4, 0.5) is 0 Å². The van der Waals surface area contributed by atoms with E-state index in [0.29, 0.717) is 24.7 Å². The first-order valence-corrected chi connectivity index (χ1v) is 10.7. The van der Waals surface area contributed by atoms with Crippen LogP contribution in [0.15, 0.2) is 72.8 Å². The van der Waals surface area contributed by atoms with Crippen LogP contribution in [0.2, 0.25) is 0 Å². The van der Waals surface area contributed by atoms with Crippen LogP contribution in [-0.2, 0) is 13.2 Å². The predicted octanol–water partition coefficient (Wildman–Crippen LogP) is 6.02. The zero-order valence-electron chi connectivity index (χ0n) is 18.8. The molecule has 4 nitrogen and oxygen atoms in total. The van der Waals surface area contributed by atoms with Crippen molar-refractivity contribution in [3.63, 3.8) is 0 Å². The van der Waals surface area contributed by atoms with Gasteiger partial charge < -0.3 is 14.4 Å². The molecule has 0 heterocycles. The molecule has 0 aliphatic carbocycles. The van der Waals surface area contributed by atoms with Gasteiger partial charge in [-0.1, -0.05) is 61.5 Å². The summed E-state index contributed by atoms with van der Waals surface area (Å²) in [5, 5.41) is 0. The second kappa shape index (κ2) is 10.7. The molecule has 0 saturated heterocycles. The van der Waals surface area contributed by atoms with Gasteiger partial charge in [0.25, 0.3) is 5.91 Å². The fraction of sp³-hybridized carbons (Fsp3) is 0.296. The summed E-state index contributed by atoms with van der Waals surface area (Å²) in [5.74, 6) is 1.41. The Labute approximate surface area is 185 Å². The highest BCUT2D eigenvalue weighted by atomic mass is 16.5. The van der Waals surface area contributed by atoms with Gasteiger partial charge in [-0.05, 0) is 55.2 Å². The van der Waals surface area contributed by atoms with Crippen molar-refractivity contribution in [1.82, 2.24) is 4.90 Å². The molecule has 0 aliphatic heterocycles. The summed E-state index contributed by atoms with van der Waals surface area (Å²) in [7, 11) is 1.64. The molecule has 1 amide bonds. The Morgan fingerprint density at radius 2 is 1.65 bits per heavy atom. The Bertz CT molecular complexity index is 1000. The number of hydrogen-bond acceptors (Lipinski definition) is 3. The molecule has 4 heteroatoms. The maximum absolute atomic E-state index is 13.4. The van der Waals surface area contributed by atoms with Crippen molar-refractivity contribution in [2.45, 2.75) is 46.4 Å². The number of ether oxygens (including phenoxy) is 2. The van der Waals surface area contributed by atoms with Crippen molar-refractivity contribution in [2.24, 2.45) is 0 Å². The highest BCUT2D eigenvalue weighted by Gasteiger charge is 2.22. The van der Waals surface area contributed by atoms with E-state index in [1.807, 2.05) is 84.6 Å². The summed E-state index contributed by atoms with van der Waals surface area (Å²) in [4.78, 5) is 15.3. The van der Waals surface area contributed by atoms with Crippen LogP contribution >= 0.6 is 0 Å². The molecule has 0 saturated carbocycles. The Kier molecular flexibility index (Phi) is 7.71. The number of nitrogens with zero attached hydrogens (tertiary/aromatic N) is 1. The average Bonchev–Trinajstić information content (AvgIpc) is 2.81. The highest BCUT2D eigenvalue weighted by molar-refractivity contribution is 5.95. The molecular formula is C27H31NO3. The van der Waals surface area contributed by atoms with Crippen LogP contribution in [0, 0.1) is 6.92 Å². The van der Waals surface area contributed by atoms with Gasteiger partial charge >= 0.3 is 0 Å². The zero-order chi connectivity index (χ0) is 22.2. The van der Waals surface area contributed by atoms with Crippen LogP contribution < -0.4 is 9.47 Å². The number of benzene rings is 3. The SMILES string of the molecule is CCC(C)N(Cc1ccc(OC)c(OCc2ccccc2)c1)C(=O)c1ccccc1C. The van der Waals surface area contributed by atoms with Crippen LogP contribution in [0.5, 0.6) is 11.5 Å². The molecule has 0 N–H and O–H groups in total. The highest BCUT2D eigenvalue weighted by Crippen LogP contribution is 2.30. The third kappa shape index (κ3) is 5.66. The lowest BCUT2D eigenvalue weighted by molar-refractivity contribution is 0.0670. The number of methoxy groups -OCH3 is 1. The topological polar surface area (TPSA) is 38.8 Å². The van der Waals surface area contributed by atoms with Gasteiger partial charge in [0.1, 0.15) is 6.61 Å². The number of carbonyl (C=O) groups is 1. The van der Waals surface area contributed by atoms with Crippen LogP contribution in [0.3, 0.4) is 0 Å². The molecule has 1 atom stereocenters. The quantitative estimate of drug-likeness (QED) is 0.427. The second-order valence-electron chi connectivity index (χ2n) is 7.76. The number of hydrogen-bond donors (Lipinski definition) is 0. The van der Waals surface area contributed by atoms with E-state index < -0.39 is 0 Å². The van der Waals surface area contributed by atoms with E-state index in [1.165, 1.54) is 0 Å². The molecule has 0 bridgehead atoms. The van der Waals surface area contributed by atoms with Gasteiger partial charge in [-0.25, -0.2) is 0 Å². The van der Waals surface area contributed by atoms with Crippen LogP contribution in [-0.4, -0.2) is 24.0 Å². The average molecular weight is 418 g/mol. The summed E-state index contributed by atoms with van der Waals surface area (Å²) in [5.41, 5.74) is 3.83. The van der Waals surface area contributed by atoms with E-state index in [0.717, 1.165) is 28.7 Å². The molecule has 31 heavy (non-hydrogen) atoms. The molecule has 3 rings (SSSR count). The Balaban J connectivity index is 1.84. The normalized spacial score (nSPS) is 11.6. The molecule has 0 aliphatic rings. The van der Waals surface area contributed by atoms with Crippen molar-refractivity contribution in [1.29, 1.82) is 0 Å². The fourth-order valence-corrected chi connectivity index (χ4v) is 3.48. The first kappa shape index (κ1) is 22.4. The molecule has 162 valence electrons. The molecule has 3 aromatic carbocycles. The zero-order valence-corrected chi connectivity index (χ0v) is 18.8. The number of amides is 1. The monoisotopic (exact) mass is 417 g/mol. The van der Waals surface area contributed by atoms with E-state index in [-0.39, 0.29) is 11.9 Å². The lowest BCUT2D eigenvalue weighted by Crippen LogP contribution is -2.38. The fourth-order valence-electron chi connectivity index (χ4n) is 3.48. The summed E-state index contributed by atoms with van der Waals surface area (Å²) in [6.45, 7) is 7.13. The number of rotatable bonds is 9. The minimum absolute atomic E-state index is 0.0509. The van der Waals surface area contributed by atoms with Gasteiger partial charge in [-0.3, -0.25) is 4.79 Å². The Hall–Kier alpha value is -3.27. The lowest BCUT2D eigenvalue weighted by atomic mass is 10.0. The van der Waals surface area contributed by atoms with E-state index in [2.05, 4.69) is 13.8 Å². The van der Waals surface area contributed by atoms with Crippen molar-refractivity contribution in [3.8, 4) is 11.5 Å². The van der Waals surface area contributed by atoms with E-state index in [9.17, 15) is 4.79 Å². The first-order chi connectivity index (χ1) is 15.0. The second-order valence-corrected chi connectivity index (χ2v) is 7.76. The van der Waals surface area contributed by atoms with Gasteiger partial charge in [0.15, 0.2) is 11.5 Å². The maximum atomic E-state index is 13.4.